The zero-order valence-corrected chi connectivity index (χ0v) is 12.5. The van der Waals surface area contributed by atoms with E-state index in [1.54, 1.807) is 18.2 Å². The molecule has 2 aromatic carbocycles. The summed E-state index contributed by atoms with van der Waals surface area (Å²) < 4.78 is 33.4. The average molecular weight is 305 g/mol. The summed E-state index contributed by atoms with van der Waals surface area (Å²) in [6.45, 7) is 0.882. The topological polar surface area (TPSA) is 35.2 Å². The number of hydrogen-bond donors (Lipinski definition) is 1. The SMILES string of the molecule is NCCc1ccc(OCCCC(F)(F)c2ccccc2)cc1. The second-order valence-corrected chi connectivity index (χ2v) is 5.21. The minimum absolute atomic E-state index is 0.0566. The van der Waals surface area contributed by atoms with Gasteiger partial charge in [0.05, 0.1) is 6.61 Å². The lowest BCUT2D eigenvalue weighted by Gasteiger charge is -2.16. The van der Waals surface area contributed by atoms with Crippen molar-refractivity contribution in [2.24, 2.45) is 5.73 Å². The third-order valence-electron chi connectivity index (χ3n) is 3.46. The van der Waals surface area contributed by atoms with Crippen molar-refractivity contribution in [2.75, 3.05) is 13.2 Å². The van der Waals surface area contributed by atoms with Crippen LogP contribution in [0.3, 0.4) is 0 Å². The Hall–Kier alpha value is -1.94. The molecule has 2 aromatic rings. The van der Waals surface area contributed by atoms with Gasteiger partial charge in [0, 0.05) is 12.0 Å². The van der Waals surface area contributed by atoms with Crippen LogP contribution in [0, 0.1) is 0 Å². The van der Waals surface area contributed by atoms with Crippen LogP contribution >= 0.6 is 0 Å². The van der Waals surface area contributed by atoms with Gasteiger partial charge in [-0.25, -0.2) is 8.78 Å². The molecule has 0 atom stereocenters. The summed E-state index contributed by atoms with van der Waals surface area (Å²) in [5.74, 6) is -2.11. The van der Waals surface area contributed by atoms with E-state index >= 15 is 0 Å². The highest BCUT2D eigenvalue weighted by Gasteiger charge is 2.30. The Morgan fingerprint density at radius 3 is 2.27 bits per heavy atom. The van der Waals surface area contributed by atoms with Crippen molar-refractivity contribution in [3.63, 3.8) is 0 Å². The van der Waals surface area contributed by atoms with Gasteiger partial charge in [0.15, 0.2) is 0 Å². The normalized spacial score (nSPS) is 11.4. The van der Waals surface area contributed by atoms with E-state index in [0.717, 1.165) is 12.0 Å². The zero-order valence-electron chi connectivity index (χ0n) is 12.5. The lowest BCUT2D eigenvalue weighted by molar-refractivity contribution is -0.0180. The van der Waals surface area contributed by atoms with Gasteiger partial charge in [-0.3, -0.25) is 0 Å². The molecular weight excluding hydrogens is 284 g/mol. The number of ether oxygens (including phenoxy) is 1. The molecule has 0 unspecified atom stereocenters. The highest BCUT2D eigenvalue weighted by Crippen LogP contribution is 2.32. The molecular formula is C18H21F2NO. The van der Waals surface area contributed by atoms with Crippen LogP contribution in [-0.4, -0.2) is 13.2 Å². The Balaban J connectivity index is 1.77. The van der Waals surface area contributed by atoms with Crippen molar-refractivity contribution in [3.05, 3.63) is 65.7 Å². The van der Waals surface area contributed by atoms with Crippen LogP contribution in [0.15, 0.2) is 54.6 Å². The molecule has 0 amide bonds. The minimum atomic E-state index is -2.81. The van der Waals surface area contributed by atoms with Crippen molar-refractivity contribution in [2.45, 2.75) is 25.2 Å². The van der Waals surface area contributed by atoms with Crippen LogP contribution in [0.2, 0.25) is 0 Å². The summed E-state index contributed by atoms with van der Waals surface area (Å²) in [7, 11) is 0. The van der Waals surface area contributed by atoms with Crippen molar-refractivity contribution < 1.29 is 13.5 Å². The van der Waals surface area contributed by atoms with Gasteiger partial charge in [-0.1, -0.05) is 42.5 Å². The standard InChI is InChI=1S/C18H21F2NO/c19-18(20,16-5-2-1-3-6-16)12-4-14-22-17-9-7-15(8-10-17)11-13-21/h1-3,5-10H,4,11-14,21H2. The number of rotatable bonds is 8. The van der Waals surface area contributed by atoms with Crippen LogP contribution < -0.4 is 10.5 Å². The van der Waals surface area contributed by atoms with E-state index in [4.69, 9.17) is 10.5 Å². The summed E-state index contributed by atoms with van der Waals surface area (Å²) in [6, 6.07) is 15.5. The first-order chi connectivity index (χ1) is 10.6. The zero-order chi connectivity index (χ0) is 15.8. The maximum absolute atomic E-state index is 14.0. The number of benzene rings is 2. The van der Waals surface area contributed by atoms with Gasteiger partial charge >= 0.3 is 0 Å². The third kappa shape index (κ3) is 4.81. The van der Waals surface area contributed by atoms with Gasteiger partial charge in [-0.2, -0.15) is 0 Å². The quantitative estimate of drug-likeness (QED) is 0.744. The van der Waals surface area contributed by atoms with E-state index < -0.39 is 5.92 Å². The lowest BCUT2D eigenvalue weighted by atomic mass is 10.0. The van der Waals surface area contributed by atoms with Gasteiger partial charge in [0.25, 0.3) is 5.92 Å². The van der Waals surface area contributed by atoms with Crippen molar-refractivity contribution in [1.82, 2.24) is 0 Å². The average Bonchev–Trinajstić information content (AvgIpc) is 2.54. The monoisotopic (exact) mass is 305 g/mol. The Bertz CT molecular complexity index is 555. The molecule has 0 aliphatic rings. The first kappa shape index (κ1) is 16.4. The lowest BCUT2D eigenvalue weighted by Crippen LogP contribution is -2.14. The number of alkyl halides is 2. The second-order valence-electron chi connectivity index (χ2n) is 5.21. The molecule has 2 rings (SSSR count). The largest absolute Gasteiger partial charge is 0.494 e. The predicted molar refractivity (Wildman–Crippen MR) is 84.3 cm³/mol. The van der Waals surface area contributed by atoms with E-state index in [0.29, 0.717) is 18.7 Å². The van der Waals surface area contributed by atoms with Crippen LogP contribution in [0.25, 0.3) is 0 Å². The molecule has 0 saturated heterocycles. The molecule has 0 aromatic heterocycles. The fourth-order valence-corrected chi connectivity index (χ4v) is 2.23. The minimum Gasteiger partial charge on any atom is -0.494 e. The molecule has 0 bridgehead atoms. The Kier molecular flexibility index (Phi) is 5.90. The van der Waals surface area contributed by atoms with Crippen LogP contribution in [0.5, 0.6) is 5.75 Å². The number of halogens is 2. The van der Waals surface area contributed by atoms with Gasteiger partial charge < -0.3 is 10.5 Å². The van der Waals surface area contributed by atoms with Crippen LogP contribution in [0.1, 0.15) is 24.0 Å². The molecule has 0 spiro atoms. The van der Waals surface area contributed by atoms with Crippen LogP contribution in [-0.2, 0) is 12.3 Å². The first-order valence-corrected chi connectivity index (χ1v) is 7.47. The predicted octanol–water partition coefficient (Wildman–Crippen LogP) is 4.14. The van der Waals surface area contributed by atoms with Crippen molar-refractivity contribution >= 4 is 0 Å². The van der Waals surface area contributed by atoms with E-state index in [-0.39, 0.29) is 18.6 Å². The summed E-state index contributed by atoms with van der Waals surface area (Å²) in [4.78, 5) is 0. The number of nitrogens with two attached hydrogens (primary N) is 1. The van der Waals surface area contributed by atoms with Crippen molar-refractivity contribution in [3.8, 4) is 5.75 Å². The van der Waals surface area contributed by atoms with Gasteiger partial charge in [0.1, 0.15) is 5.75 Å². The second kappa shape index (κ2) is 7.90. The molecule has 118 valence electrons. The fraction of sp³-hybridized carbons (Fsp3) is 0.333. The van der Waals surface area contributed by atoms with Gasteiger partial charge in [0.2, 0.25) is 0 Å². The fourth-order valence-electron chi connectivity index (χ4n) is 2.23. The molecule has 0 radical (unpaired) electrons. The maximum Gasteiger partial charge on any atom is 0.273 e. The molecule has 4 heteroatoms. The molecule has 0 heterocycles. The van der Waals surface area contributed by atoms with Gasteiger partial charge in [-0.15, -0.1) is 0 Å². The smallest absolute Gasteiger partial charge is 0.273 e. The summed E-state index contributed by atoms with van der Waals surface area (Å²) >= 11 is 0. The van der Waals surface area contributed by atoms with E-state index in [1.807, 2.05) is 24.3 Å². The molecule has 0 fully saturated rings. The first-order valence-electron chi connectivity index (χ1n) is 7.47. The molecule has 22 heavy (non-hydrogen) atoms. The molecule has 0 aliphatic heterocycles. The molecule has 2 nitrogen and oxygen atoms in total. The van der Waals surface area contributed by atoms with E-state index in [1.165, 1.54) is 12.1 Å². The highest BCUT2D eigenvalue weighted by molar-refractivity contribution is 5.27. The summed E-state index contributed by atoms with van der Waals surface area (Å²) in [6.07, 6.45) is 0.901. The molecule has 0 saturated carbocycles. The maximum atomic E-state index is 14.0. The molecule has 0 aliphatic carbocycles. The van der Waals surface area contributed by atoms with Gasteiger partial charge in [-0.05, 0) is 37.1 Å². The number of hydrogen-bond acceptors (Lipinski definition) is 2. The molecule has 2 N–H and O–H groups in total. The Morgan fingerprint density at radius 2 is 1.64 bits per heavy atom. The summed E-state index contributed by atoms with van der Waals surface area (Å²) in [5.41, 5.74) is 6.68. The Labute approximate surface area is 129 Å². The van der Waals surface area contributed by atoms with E-state index in [2.05, 4.69) is 0 Å². The third-order valence-corrected chi connectivity index (χ3v) is 3.46. The van der Waals surface area contributed by atoms with Crippen molar-refractivity contribution in [1.29, 1.82) is 0 Å². The summed E-state index contributed by atoms with van der Waals surface area (Å²) in [5, 5.41) is 0. The Morgan fingerprint density at radius 1 is 0.955 bits per heavy atom. The van der Waals surface area contributed by atoms with E-state index in [9.17, 15) is 8.78 Å². The van der Waals surface area contributed by atoms with Crippen LogP contribution in [0.4, 0.5) is 8.78 Å². The highest BCUT2D eigenvalue weighted by atomic mass is 19.3.